The molecular weight excluding hydrogens is 628 g/mol. The normalized spacial score (nSPS) is 29.0. The molecule has 14 heteroatoms. The van der Waals surface area contributed by atoms with Gasteiger partial charge in [0.05, 0.1) is 25.9 Å². The summed E-state index contributed by atoms with van der Waals surface area (Å²) < 4.78 is 44.7. The number of halogens is 2. The van der Waals surface area contributed by atoms with E-state index in [0.717, 1.165) is 0 Å². The van der Waals surface area contributed by atoms with Gasteiger partial charge in [-0.2, -0.15) is 0 Å². The maximum absolute atomic E-state index is 14.0. The number of fused-ring (bicyclic) bond motifs is 3. The van der Waals surface area contributed by atoms with E-state index in [1.807, 2.05) is 23.1 Å². The molecule has 12 nitrogen and oxygen atoms in total. The van der Waals surface area contributed by atoms with Crippen LogP contribution in [0.25, 0.3) is 0 Å². The van der Waals surface area contributed by atoms with Crippen LogP contribution in [-0.4, -0.2) is 123 Å². The molecular formula is C34H49F2N5O7. The van der Waals surface area contributed by atoms with Gasteiger partial charge in [-0.3, -0.25) is 24.1 Å². The van der Waals surface area contributed by atoms with Crippen molar-refractivity contribution in [2.45, 2.75) is 75.4 Å². The summed E-state index contributed by atoms with van der Waals surface area (Å²) >= 11 is 0. The van der Waals surface area contributed by atoms with Crippen LogP contribution in [0.4, 0.5) is 8.78 Å². The van der Waals surface area contributed by atoms with Crippen LogP contribution in [0, 0.1) is 11.8 Å². The summed E-state index contributed by atoms with van der Waals surface area (Å²) in [7, 11) is 0. The number of hydrogen-bond acceptors (Lipinski definition) is 8. The Morgan fingerprint density at radius 3 is 2.46 bits per heavy atom. The van der Waals surface area contributed by atoms with E-state index in [1.165, 1.54) is 0 Å². The Morgan fingerprint density at radius 1 is 0.896 bits per heavy atom. The van der Waals surface area contributed by atoms with Crippen LogP contribution in [0.3, 0.4) is 0 Å². The molecule has 0 aromatic heterocycles. The molecule has 5 rings (SSSR count). The number of likely N-dealkylation sites (tertiary alicyclic amines) is 2. The van der Waals surface area contributed by atoms with Gasteiger partial charge in [-0.15, -0.1) is 0 Å². The highest BCUT2D eigenvalue weighted by Crippen LogP contribution is 2.37. The van der Waals surface area contributed by atoms with Crippen molar-refractivity contribution in [2.24, 2.45) is 11.8 Å². The molecule has 3 N–H and O–H groups in total. The zero-order valence-electron chi connectivity index (χ0n) is 27.5. The van der Waals surface area contributed by atoms with Crippen molar-refractivity contribution in [3.05, 3.63) is 30.3 Å². The van der Waals surface area contributed by atoms with Gasteiger partial charge in [0.1, 0.15) is 12.4 Å². The van der Waals surface area contributed by atoms with Crippen molar-refractivity contribution < 1.29 is 42.2 Å². The van der Waals surface area contributed by atoms with Crippen molar-refractivity contribution in [1.82, 2.24) is 25.8 Å². The highest BCUT2D eigenvalue weighted by molar-refractivity contribution is 5.83. The largest absolute Gasteiger partial charge is 0.484 e. The minimum Gasteiger partial charge on any atom is -0.484 e. The Labute approximate surface area is 280 Å². The average molecular weight is 678 g/mol. The molecule has 3 aliphatic heterocycles. The smallest absolute Gasteiger partial charge is 0.260 e. The van der Waals surface area contributed by atoms with E-state index in [2.05, 4.69) is 16.0 Å². The third-order valence-corrected chi connectivity index (χ3v) is 9.95. The van der Waals surface area contributed by atoms with E-state index in [-0.39, 0.29) is 99.7 Å². The van der Waals surface area contributed by atoms with Crippen LogP contribution in [0.15, 0.2) is 30.3 Å². The lowest BCUT2D eigenvalue weighted by Gasteiger charge is -2.39. The van der Waals surface area contributed by atoms with Gasteiger partial charge in [0.2, 0.25) is 23.6 Å². The minimum absolute atomic E-state index is 0.0101. The number of nitrogens with zero attached hydrogens (tertiary/aromatic N) is 2. The Kier molecular flexibility index (Phi) is 13.0. The number of para-hydroxylation sites is 1. The highest BCUT2D eigenvalue weighted by Gasteiger charge is 2.45. The number of nitrogens with one attached hydrogen (secondary N) is 3. The van der Waals surface area contributed by atoms with E-state index >= 15 is 0 Å². The van der Waals surface area contributed by atoms with Crippen LogP contribution in [0.2, 0.25) is 0 Å². The summed E-state index contributed by atoms with van der Waals surface area (Å²) in [6.07, 6.45) is 1.97. The summed E-state index contributed by atoms with van der Waals surface area (Å²) in [4.78, 5) is 56.0. The molecule has 0 unspecified atom stereocenters. The number of ether oxygens (including phenoxy) is 3. The second kappa shape index (κ2) is 17.3. The number of piperidine rings is 1. The monoisotopic (exact) mass is 677 g/mol. The van der Waals surface area contributed by atoms with Crippen LogP contribution >= 0.6 is 0 Å². The molecule has 0 radical (unpaired) electrons. The third-order valence-electron chi connectivity index (χ3n) is 9.95. The van der Waals surface area contributed by atoms with Crippen LogP contribution in [-0.2, 0) is 28.7 Å². The lowest BCUT2D eigenvalue weighted by Crippen LogP contribution is -2.50. The number of hydrogen-bond donors (Lipinski definition) is 3. The first kappa shape index (κ1) is 35.9. The first-order chi connectivity index (χ1) is 23.2. The Bertz CT molecular complexity index is 1230. The summed E-state index contributed by atoms with van der Waals surface area (Å²) in [6.45, 7) is 2.52. The number of rotatable bonds is 4. The Hall–Kier alpha value is -3.36. The molecule has 1 aromatic carbocycles. The zero-order chi connectivity index (χ0) is 33.9. The summed E-state index contributed by atoms with van der Waals surface area (Å²) in [5.41, 5.74) is 0. The van der Waals surface area contributed by atoms with Gasteiger partial charge in [-0.25, -0.2) is 8.78 Å². The first-order valence-electron chi connectivity index (χ1n) is 17.3. The van der Waals surface area contributed by atoms with Crippen molar-refractivity contribution >= 4 is 23.6 Å². The molecule has 1 aliphatic carbocycles. The van der Waals surface area contributed by atoms with Crippen molar-refractivity contribution in [2.75, 3.05) is 65.8 Å². The lowest BCUT2D eigenvalue weighted by atomic mass is 9.81. The topological polar surface area (TPSA) is 139 Å². The number of benzene rings is 1. The average Bonchev–Trinajstić information content (AvgIpc) is 3.49. The second-order valence-corrected chi connectivity index (χ2v) is 13.3. The Morgan fingerprint density at radius 2 is 1.67 bits per heavy atom. The van der Waals surface area contributed by atoms with Gasteiger partial charge in [0, 0.05) is 64.1 Å². The molecule has 0 spiro atoms. The summed E-state index contributed by atoms with van der Waals surface area (Å²) in [5.74, 6) is -2.88. The van der Waals surface area contributed by atoms with Crippen LogP contribution < -0.4 is 20.7 Å². The molecule has 4 atom stereocenters. The molecule has 1 aromatic rings. The van der Waals surface area contributed by atoms with Crippen molar-refractivity contribution in [1.29, 1.82) is 0 Å². The van der Waals surface area contributed by atoms with E-state index in [9.17, 15) is 28.0 Å². The van der Waals surface area contributed by atoms with Crippen molar-refractivity contribution in [3.8, 4) is 5.75 Å². The molecule has 266 valence electrons. The van der Waals surface area contributed by atoms with E-state index < -0.39 is 12.0 Å². The molecule has 2 bridgehead atoms. The molecule has 4 aliphatic rings. The molecule has 48 heavy (non-hydrogen) atoms. The predicted octanol–water partition coefficient (Wildman–Crippen LogP) is 1.73. The fourth-order valence-electron chi connectivity index (χ4n) is 7.37. The number of carbonyl (C=O) groups is 4. The molecule has 4 fully saturated rings. The number of amides is 4. The third kappa shape index (κ3) is 10.6. The maximum Gasteiger partial charge on any atom is 0.260 e. The molecule has 3 saturated heterocycles. The van der Waals surface area contributed by atoms with Gasteiger partial charge < -0.3 is 35.1 Å². The zero-order valence-corrected chi connectivity index (χ0v) is 27.5. The predicted molar refractivity (Wildman–Crippen MR) is 171 cm³/mol. The number of carbonyl (C=O) groups excluding carboxylic acids is 4. The van der Waals surface area contributed by atoms with Crippen LogP contribution in [0.5, 0.6) is 5.75 Å². The quantitative estimate of drug-likeness (QED) is 0.439. The molecule has 4 amide bonds. The molecule has 1 saturated carbocycles. The Balaban J connectivity index is 1.24. The van der Waals surface area contributed by atoms with Gasteiger partial charge in [-0.05, 0) is 56.1 Å². The second-order valence-electron chi connectivity index (χ2n) is 13.3. The fourth-order valence-corrected chi connectivity index (χ4v) is 7.37. The SMILES string of the molecule is O=C1C[C@@H]2CCN(C(=O)COc3ccccc3)C[C@@H]2CCNC(=O)[C@@H]2C[C@@H](CN2C2CCC(F)(F)CC2)NC(=O)COCCOCCN1. The van der Waals surface area contributed by atoms with E-state index in [0.29, 0.717) is 70.8 Å². The van der Waals surface area contributed by atoms with Gasteiger partial charge in [-0.1, -0.05) is 18.2 Å². The first-order valence-corrected chi connectivity index (χ1v) is 17.3. The van der Waals surface area contributed by atoms with Gasteiger partial charge in [0.15, 0.2) is 6.61 Å². The van der Waals surface area contributed by atoms with Crippen LogP contribution in [0.1, 0.15) is 51.4 Å². The van der Waals surface area contributed by atoms with Crippen molar-refractivity contribution in [3.63, 3.8) is 0 Å². The standard InChI is InChI=1S/C34H49F2N5O7/c35-34(36)10-6-27(7-11-34)41-21-26-19-29(41)33(45)38-12-8-25-20-40(32(44)23-48-28-4-2-1-3-5-28)14-9-24(25)18-30(42)37-13-15-46-16-17-47-22-31(43)39-26/h1-5,24-27,29H,6-23H2,(H,37,42)(H,38,45)(H,39,43)/t24-,25-,26-,29-/m0/s1. The minimum atomic E-state index is -2.69. The molecule has 3 heterocycles. The van der Waals surface area contributed by atoms with E-state index in [4.69, 9.17) is 14.2 Å². The highest BCUT2D eigenvalue weighted by atomic mass is 19.3. The summed E-state index contributed by atoms with van der Waals surface area (Å²) in [5, 5.41) is 8.92. The van der Waals surface area contributed by atoms with Gasteiger partial charge in [0.25, 0.3) is 5.91 Å². The van der Waals surface area contributed by atoms with E-state index in [1.54, 1.807) is 17.0 Å². The number of alkyl halides is 2. The lowest BCUT2D eigenvalue weighted by molar-refractivity contribution is -0.136. The maximum atomic E-state index is 14.0. The van der Waals surface area contributed by atoms with Gasteiger partial charge >= 0.3 is 0 Å². The summed E-state index contributed by atoms with van der Waals surface area (Å²) in [6, 6.07) is 8.07. The fraction of sp³-hybridized carbons (Fsp3) is 0.706.